The summed E-state index contributed by atoms with van der Waals surface area (Å²) in [5, 5.41) is 13.1. The molecule has 3 nitrogen and oxygen atoms in total. The minimum atomic E-state index is -0.421. The molecule has 0 aliphatic rings. The minimum absolute atomic E-state index is 0.226. The van der Waals surface area contributed by atoms with Gasteiger partial charge in [0.1, 0.15) is 0 Å². The van der Waals surface area contributed by atoms with Crippen molar-refractivity contribution in [2.75, 3.05) is 0 Å². The molecule has 0 N–H and O–H groups in total. The third kappa shape index (κ3) is 2.29. The van der Waals surface area contributed by atoms with Crippen LogP contribution in [0, 0.1) is 17.1 Å². The lowest BCUT2D eigenvalue weighted by atomic mass is 10.0. The standard InChI is InChI=1S/C12H9ClFN3/c1-8(5-15)9-2-3-12(11(13)4-9)17-7-10(14)6-16-17/h2-4,6-8H,1H3. The van der Waals surface area contributed by atoms with Crippen LogP contribution < -0.4 is 0 Å². The van der Waals surface area contributed by atoms with Crippen molar-refractivity contribution in [3.05, 3.63) is 47.0 Å². The van der Waals surface area contributed by atoms with Gasteiger partial charge in [0.2, 0.25) is 0 Å². The molecule has 0 bridgehead atoms. The molecule has 0 fully saturated rings. The third-order valence-electron chi connectivity index (χ3n) is 2.46. The summed E-state index contributed by atoms with van der Waals surface area (Å²) in [6.45, 7) is 1.79. The molecular formula is C12H9ClFN3. The van der Waals surface area contributed by atoms with Gasteiger partial charge in [-0.3, -0.25) is 0 Å². The van der Waals surface area contributed by atoms with Crippen LogP contribution >= 0.6 is 11.6 Å². The first kappa shape index (κ1) is 11.6. The number of aromatic nitrogens is 2. The van der Waals surface area contributed by atoms with Gasteiger partial charge in [0.25, 0.3) is 0 Å². The Balaban J connectivity index is 2.42. The van der Waals surface area contributed by atoms with Crippen molar-refractivity contribution in [3.63, 3.8) is 0 Å². The smallest absolute Gasteiger partial charge is 0.161 e. The Hall–Kier alpha value is -1.86. The van der Waals surface area contributed by atoms with E-state index in [-0.39, 0.29) is 5.92 Å². The highest BCUT2D eigenvalue weighted by molar-refractivity contribution is 6.32. The monoisotopic (exact) mass is 249 g/mol. The zero-order chi connectivity index (χ0) is 12.4. The predicted molar refractivity (Wildman–Crippen MR) is 62.6 cm³/mol. The summed E-state index contributed by atoms with van der Waals surface area (Å²) in [5.41, 5.74) is 1.42. The van der Waals surface area contributed by atoms with E-state index >= 15 is 0 Å². The number of nitrogens with zero attached hydrogens (tertiary/aromatic N) is 3. The van der Waals surface area contributed by atoms with Gasteiger partial charge in [-0.25, -0.2) is 9.07 Å². The fourth-order valence-electron chi connectivity index (χ4n) is 1.49. The summed E-state index contributed by atoms with van der Waals surface area (Å²) in [6, 6.07) is 7.34. The molecule has 2 rings (SSSR count). The topological polar surface area (TPSA) is 41.6 Å². The molecule has 2 aromatic rings. The highest BCUT2D eigenvalue weighted by atomic mass is 35.5. The Morgan fingerprint density at radius 3 is 2.82 bits per heavy atom. The van der Waals surface area contributed by atoms with Crippen molar-refractivity contribution in [2.24, 2.45) is 0 Å². The van der Waals surface area contributed by atoms with Crippen LogP contribution in [0.25, 0.3) is 5.69 Å². The molecular weight excluding hydrogens is 241 g/mol. The zero-order valence-corrected chi connectivity index (χ0v) is 9.82. The Kier molecular flexibility index (Phi) is 3.12. The van der Waals surface area contributed by atoms with Crippen LogP contribution in [0.1, 0.15) is 18.4 Å². The first-order chi connectivity index (χ1) is 8.11. The second-order valence-corrected chi connectivity index (χ2v) is 4.07. The molecule has 0 saturated heterocycles. The van der Waals surface area contributed by atoms with Crippen LogP contribution in [-0.2, 0) is 0 Å². The van der Waals surface area contributed by atoms with E-state index in [2.05, 4.69) is 11.2 Å². The van der Waals surface area contributed by atoms with E-state index in [0.717, 1.165) is 11.8 Å². The van der Waals surface area contributed by atoms with Crippen LogP contribution in [-0.4, -0.2) is 9.78 Å². The first-order valence-electron chi connectivity index (χ1n) is 5.01. The van der Waals surface area contributed by atoms with Crippen molar-refractivity contribution >= 4 is 11.6 Å². The number of rotatable bonds is 2. The van der Waals surface area contributed by atoms with Crippen LogP contribution in [0.2, 0.25) is 5.02 Å². The molecule has 1 aromatic carbocycles. The van der Waals surface area contributed by atoms with Gasteiger partial charge >= 0.3 is 0 Å². The summed E-state index contributed by atoms with van der Waals surface area (Å²) in [7, 11) is 0. The van der Waals surface area contributed by atoms with E-state index in [4.69, 9.17) is 16.9 Å². The highest BCUT2D eigenvalue weighted by Gasteiger charge is 2.09. The van der Waals surface area contributed by atoms with E-state index in [1.807, 2.05) is 0 Å². The number of benzene rings is 1. The van der Waals surface area contributed by atoms with Gasteiger partial charge in [0, 0.05) is 0 Å². The fourth-order valence-corrected chi connectivity index (χ4v) is 1.76. The van der Waals surface area contributed by atoms with Crippen LogP contribution in [0.3, 0.4) is 0 Å². The Morgan fingerprint density at radius 2 is 2.29 bits per heavy atom. The molecule has 0 amide bonds. The molecule has 0 saturated carbocycles. The largest absolute Gasteiger partial charge is 0.236 e. The van der Waals surface area contributed by atoms with Crippen molar-refractivity contribution in [1.29, 1.82) is 5.26 Å². The lowest BCUT2D eigenvalue weighted by molar-refractivity contribution is 0.627. The second-order valence-electron chi connectivity index (χ2n) is 3.66. The number of hydrogen-bond donors (Lipinski definition) is 0. The van der Waals surface area contributed by atoms with Gasteiger partial charge < -0.3 is 0 Å². The third-order valence-corrected chi connectivity index (χ3v) is 2.77. The number of hydrogen-bond acceptors (Lipinski definition) is 2. The van der Waals surface area contributed by atoms with E-state index < -0.39 is 5.82 Å². The molecule has 0 aliphatic heterocycles. The number of nitriles is 1. The average Bonchev–Trinajstić information content (AvgIpc) is 2.74. The SMILES string of the molecule is CC(C#N)c1ccc(-n2cc(F)cn2)c(Cl)c1. The van der Waals surface area contributed by atoms with Gasteiger partial charge in [-0.1, -0.05) is 17.7 Å². The Labute approximate surface area is 103 Å². The molecule has 0 radical (unpaired) electrons. The van der Waals surface area contributed by atoms with Crippen LogP contribution in [0.5, 0.6) is 0 Å². The van der Waals surface area contributed by atoms with Gasteiger partial charge in [-0.05, 0) is 24.6 Å². The molecule has 1 unspecified atom stereocenters. The highest BCUT2D eigenvalue weighted by Crippen LogP contribution is 2.25. The van der Waals surface area contributed by atoms with Crippen molar-refractivity contribution in [1.82, 2.24) is 9.78 Å². The fraction of sp³-hybridized carbons (Fsp3) is 0.167. The summed E-state index contributed by atoms with van der Waals surface area (Å²) in [6.07, 6.45) is 2.36. The van der Waals surface area contributed by atoms with E-state index in [0.29, 0.717) is 10.7 Å². The molecule has 1 aromatic heterocycles. The van der Waals surface area contributed by atoms with Crippen molar-refractivity contribution < 1.29 is 4.39 Å². The molecule has 0 aliphatic carbocycles. The maximum absolute atomic E-state index is 12.8. The molecule has 86 valence electrons. The lowest BCUT2D eigenvalue weighted by Crippen LogP contribution is -1.97. The van der Waals surface area contributed by atoms with E-state index in [1.165, 1.54) is 10.9 Å². The maximum atomic E-state index is 12.8. The van der Waals surface area contributed by atoms with Crippen molar-refractivity contribution in [2.45, 2.75) is 12.8 Å². The predicted octanol–water partition coefficient (Wildman–Crippen LogP) is 3.29. The van der Waals surface area contributed by atoms with Gasteiger partial charge in [-0.15, -0.1) is 0 Å². The minimum Gasteiger partial charge on any atom is -0.236 e. The summed E-state index contributed by atoms with van der Waals surface area (Å²) in [4.78, 5) is 0. The molecule has 5 heteroatoms. The summed E-state index contributed by atoms with van der Waals surface area (Å²) >= 11 is 6.08. The summed E-state index contributed by atoms with van der Waals surface area (Å²) < 4.78 is 14.2. The second kappa shape index (κ2) is 4.56. The van der Waals surface area contributed by atoms with Crippen LogP contribution in [0.15, 0.2) is 30.6 Å². The summed E-state index contributed by atoms with van der Waals surface area (Å²) in [5.74, 6) is -0.647. The van der Waals surface area contributed by atoms with Crippen LogP contribution in [0.4, 0.5) is 4.39 Å². The lowest BCUT2D eigenvalue weighted by Gasteiger charge is -2.08. The van der Waals surface area contributed by atoms with Gasteiger partial charge in [-0.2, -0.15) is 10.4 Å². The van der Waals surface area contributed by atoms with E-state index in [1.54, 1.807) is 25.1 Å². The van der Waals surface area contributed by atoms with Crippen molar-refractivity contribution in [3.8, 4) is 11.8 Å². The molecule has 17 heavy (non-hydrogen) atoms. The first-order valence-corrected chi connectivity index (χ1v) is 5.39. The Morgan fingerprint density at radius 1 is 1.53 bits per heavy atom. The number of halogens is 2. The van der Waals surface area contributed by atoms with Gasteiger partial charge in [0.15, 0.2) is 5.82 Å². The molecule has 0 spiro atoms. The van der Waals surface area contributed by atoms with Gasteiger partial charge in [0.05, 0.1) is 35.1 Å². The average molecular weight is 250 g/mol. The Bertz CT molecular complexity index is 586. The van der Waals surface area contributed by atoms with E-state index in [9.17, 15) is 4.39 Å². The zero-order valence-electron chi connectivity index (χ0n) is 9.06. The quantitative estimate of drug-likeness (QED) is 0.820. The normalized spacial score (nSPS) is 12.1. The molecule has 1 heterocycles. The maximum Gasteiger partial charge on any atom is 0.161 e. The molecule has 1 atom stereocenters.